The summed E-state index contributed by atoms with van der Waals surface area (Å²) in [6.45, 7) is 1.18. The molecule has 0 radical (unpaired) electrons. The fourth-order valence-electron chi connectivity index (χ4n) is 2.10. The molecular formula is C16H18ClF2N3O3. The first-order chi connectivity index (χ1) is 11.9. The van der Waals surface area contributed by atoms with Crippen LogP contribution in [-0.4, -0.2) is 28.9 Å². The van der Waals surface area contributed by atoms with Crippen LogP contribution in [0.3, 0.4) is 0 Å². The van der Waals surface area contributed by atoms with Crippen LogP contribution < -0.4 is 14.8 Å². The number of aryl methyl sites for hydroxylation is 2. The first-order valence-corrected chi connectivity index (χ1v) is 7.98. The minimum atomic E-state index is -2.95. The third-order valence-corrected chi connectivity index (χ3v) is 3.57. The average molecular weight is 374 g/mol. The maximum absolute atomic E-state index is 12.4. The number of hydrogen-bond acceptors (Lipinski definition) is 4. The van der Waals surface area contributed by atoms with Gasteiger partial charge in [0.1, 0.15) is 0 Å². The van der Waals surface area contributed by atoms with Crippen molar-refractivity contribution in [1.29, 1.82) is 0 Å². The van der Waals surface area contributed by atoms with Gasteiger partial charge in [-0.15, -0.1) is 0 Å². The lowest BCUT2D eigenvalue weighted by Gasteiger charge is -2.13. The first kappa shape index (κ1) is 19.0. The molecule has 1 amide bonds. The van der Waals surface area contributed by atoms with E-state index in [-0.39, 0.29) is 30.4 Å². The predicted octanol–water partition coefficient (Wildman–Crippen LogP) is 3.87. The van der Waals surface area contributed by atoms with Crippen molar-refractivity contribution in [2.75, 3.05) is 11.9 Å². The fourth-order valence-corrected chi connectivity index (χ4v) is 2.25. The molecular weight excluding hydrogens is 356 g/mol. The summed E-state index contributed by atoms with van der Waals surface area (Å²) in [5, 5.41) is 7.38. The van der Waals surface area contributed by atoms with E-state index in [9.17, 15) is 13.6 Å². The Labute approximate surface area is 148 Å². The maximum atomic E-state index is 12.4. The summed E-state index contributed by atoms with van der Waals surface area (Å²) in [6, 6.07) is 4.23. The molecule has 0 aliphatic heterocycles. The number of aromatic nitrogens is 2. The molecule has 2 aromatic rings. The summed E-state index contributed by atoms with van der Waals surface area (Å²) in [7, 11) is 0. The van der Waals surface area contributed by atoms with Crippen LogP contribution in [0.1, 0.15) is 19.0 Å². The Balaban J connectivity index is 1.98. The number of hydrogen-bond donors (Lipinski definition) is 1. The second-order valence-corrected chi connectivity index (χ2v) is 5.50. The zero-order valence-corrected chi connectivity index (χ0v) is 14.5. The first-order valence-electron chi connectivity index (χ1n) is 7.60. The van der Waals surface area contributed by atoms with E-state index >= 15 is 0 Å². The summed E-state index contributed by atoms with van der Waals surface area (Å²) in [4.78, 5) is 12.0. The van der Waals surface area contributed by atoms with Crippen molar-refractivity contribution >= 4 is 23.2 Å². The van der Waals surface area contributed by atoms with Gasteiger partial charge in [0.25, 0.3) is 0 Å². The van der Waals surface area contributed by atoms with E-state index < -0.39 is 6.61 Å². The van der Waals surface area contributed by atoms with Crippen molar-refractivity contribution in [3.63, 3.8) is 0 Å². The van der Waals surface area contributed by atoms with Gasteiger partial charge in [-0.05, 0) is 26.0 Å². The Morgan fingerprint density at radius 3 is 2.76 bits per heavy atom. The number of ether oxygens (including phenoxy) is 2. The third-order valence-electron chi connectivity index (χ3n) is 3.20. The van der Waals surface area contributed by atoms with Gasteiger partial charge in [-0.3, -0.25) is 9.48 Å². The lowest BCUT2D eigenvalue weighted by atomic mass is 10.2. The monoisotopic (exact) mass is 373 g/mol. The number of benzene rings is 1. The van der Waals surface area contributed by atoms with Crippen LogP contribution in [0, 0.1) is 6.92 Å². The number of carbonyl (C=O) groups excluding carboxylic acids is 1. The van der Waals surface area contributed by atoms with E-state index in [1.54, 1.807) is 24.7 Å². The Hall–Kier alpha value is -2.35. The minimum Gasteiger partial charge on any atom is -0.490 e. The van der Waals surface area contributed by atoms with Gasteiger partial charge in [0.15, 0.2) is 11.5 Å². The van der Waals surface area contributed by atoms with Crippen molar-refractivity contribution < 1.29 is 23.0 Å². The standard InChI is InChI=1S/C16H18ClF2N3O3/c1-3-24-14-8-11(4-5-13(14)25-16(18)19)20-15(23)6-7-22-9-12(17)10(2)21-22/h4-5,8-9,16H,3,6-7H2,1-2H3,(H,20,23). The molecule has 0 saturated carbocycles. The zero-order chi connectivity index (χ0) is 18.4. The van der Waals surface area contributed by atoms with Crippen molar-refractivity contribution in [3.8, 4) is 11.5 Å². The number of rotatable bonds is 8. The molecule has 1 heterocycles. The number of anilines is 1. The van der Waals surface area contributed by atoms with Crippen LogP contribution in [0.25, 0.3) is 0 Å². The molecule has 136 valence electrons. The summed E-state index contributed by atoms with van der Waals surface area (Å²) in [5.74, 6) is -0.208. The Bertz CT molecular complexity index is 718. The van der Waals surface area contributed by atoms with Gasteiger partial charge in [-0.2, -0.15) is 13.9 Å². The van der Waals surface area contributed by atoms with E-state index in [1.165, 1.54) is 18.2 Å². The highest BCUT2D eigenvalue weighted by Crippen LogP contribution is 2.31. The van der Waals surface area contributed by atoms with Crippen molar-refractivity contribution in [2.24, 2.45) is 0 Å². The molecule has 0 atom stereocenters. The largest absolute Gasteiger partial charge is 0.490 e. The number of nitrogens with zero attached hydrogens (tertiary/aromatic N) is 2. The van der Waals surface area contributed by atoms with Crippen molar-refractivity contribution in [3.05, 3.63) is 35.1 Å². The summed E-state index contributed by atoms with van der Waals surface area (Å²) >= 11 is 5.91. The van der Waals surface area contributed by atoms with Crippen LogP contribution in [0.2, 0.25) is 5.02 Å². The Kier molecular flexibility index (Phi) is 6.58. The molecule has 0 aliphatic rings. The molecule has 0 bridgehead atoms. The Morgan fingerprint density at radius 2 is 2.16 bits per heavy atom. The third kappa shape index (κ3) is 5.60. The van der Waals surface area contributed by atoms with Gasteiger partial charge in [0.2, 0.25) is 5.91 Å². The van der Waals surface area contributed by atoms with Gasteiger partial charge in [-0.1, -0.05) is 11.6 Å². The van der Waals surface area contributed by atoms with Crippen molar-refractivity contribution in [2.45, 2.75) is 33.4 Å². The SMILES string of the molecule is CCOc1cc(NC(=O)CCn2cc(Cl)c(C)n2)ccc1OC(F)F. The minimum absolute atomic E-state index is 0.0866. The Morgan fingerprint density at radius 1 is 1.40 bits per heavy atom. The summed E-state index contributed by atoms with van der Waals surface area (Å²) in [6.07, 6.45) is 1.82. The number of alkyl halides is 2. The normalized spacial score (nSPS) is 10.8. The molecule has 0 unspecified atom stereocenters. The molecule has 9 heteroatoms. The van der Waals surface area contributed by atoms with Gasteiger partial charge in [0.05, 0.1) is 17.3 Å². The molecule has 2 rings (SSSR count). The van der Waals surface area contributed by atoms with E-state index in [0.29, 0.717) is 22.9 Å². The van der Waals surface area contributed by atoms with Gasteiger partial charge in [-0.25, -0.2) is 0 Å². The molecule has 0 fully saturated rings. The van der Waals surface area contributed by atoms with Crippen molar-refractivity contribution in [1.82, 2.24) is 9.78 Å². The van der Waals surface area contributed by atoms with E-state index in [1.807, 2.05) is 0 Å². The highest BCUT2D eigenvalue weighted by atomic mass is 35.5. The van der Waals surface area contributed by atoms with Gasteiger partial charge < -0.3 is 14.8 Å². The number of carbonyl (C=O) groups is 1. The lowest BCUT2D eigenvalue weighted by molar-refractivity contribution is -0.116. The zero-order valence-electron chi connectivity index (χ0n) is 13.8. The summed E-state index contributed by atoms with van der Waals surface area (Å²) < 4.78 is 36.0. The number of nitrogens with one attached hydrogen (secondary N) is 1. The van der Waals surface area contributed by atoms with Crippen LogP contribution in [0.15, 0.2) is 24.4 Å². The molecule has 0 aliphatic carbocycles. The second-order valence-electron chi connectivity index (χ2n) is 5.10. The van der Waals surface area contributed by atoms with E-state index in [4.69, 9.17) is 16.3 Å². The van der Waals surface area contributed by atoms with E-state index in [2.05, 4.69) is 15.2 Å². The predicted molar refractivity (Wildman–Crippen MR) is 89.5 cm³/mol. The molecule has 1 aromatic carbocycles. The topological polar surface area (TPSA) is 65.4 Å². The molecule has 0 spiro atoms. The maximum Gasteiger partial charge on any atom is 0.387 e. The van der Waals surface area contributed by atoms with Crippen LogP contribution in [0.5, 0.6) is 11.5 Å². The molecule has 6 nitrogen and oxygen atoms in total. The molecule has 1 aromatic heterocycles. The van der Waals surface area contributed by atoms with Crippen LogP contribution in [-0.2, 0) is 11.3 Å². The van der Waals surface area contributed by atoms with E-state index in [0.717, 1.165) is 0 Å². The van der Waals surface area contributed by atoms with Crippen LogP contribution >= 0.6 is 11.6 Å². The number of amides is 1. The highest BCUT2D eigenvalue weighted by Gasteiger charge is 2.13. The summed E-state index contributed by atoms with van der Waals surface area (Å²) in [5.41, 5.74) is 1.11. The quantitative estimate of drug-likeness (QED) is 0.762. The highest BCUT2D eigenvalue weighted by molar-refractivity contribution is 6.31. The smallest absolute Gasteiger partial charge is 0.387 e. The lowest BCUT2D eigenvalue weighted by Crippen LogP contribution is -2.15. The second kappa shape index (κ2) is 8.66. The molecule has 0 saturated heterocycles. The van der Waals surface area contributed by atoms with Gasteiger partial charge in [0, 0.05) is 30.9 Å². The fraction of sp³-hybridized carbons (Fsp3) is 0.375. The van der Waals surface area contributed by atoms with Gasteiger partial charge >= 0.3 is 6.61 Å². The van der Waals surface area contributed by atoms with Crippen LogP contribution in [0.4, 0.5) is 14.5 Å². The number of halogens is 3. The molecule has 1 N–H and O–H groups in total. The average Bonchev–Trinajstić information content (AvgIpc) is 2.86. The molecule has 25 heavy (non-hydrogen) atoms.